The van der Waals surface area contributed by atoms with E-state index < -0.39 is 32.1 Å². The van der Waals surface area contributed by atoms with Gasteiger partial charge in [0.2, 0.25) is 20.0 Å². The predicted octanol–water partition coefficient (Wildman–Crippen LogP) is 1.71. The molecule has 9 nitrogen and oxygen atoms in total. The van der Waals surface area contributed by atoms with Crippen molar-refractivity contribution < 1.29 is 26.4 Å². The minimum atomic E-state index is -3.68. The van der Waals surface area contributed by atoms with Crippen molar-refractivity contribution in [2.45, 2.75) is 17.9 Å². The molecule has 0 saturated carbocycles. The van der Waals surface area contributed by atoms with Crippen molar-refractivity contribution in [1.82, 2.24) is 9.21 Å². The molecule has 12 heteroatoms. The molecule has 0 radical (unpaired) electrons. The topological polar surface area (TPSA) is 104 Å². The third kappa shape index (κ3) is 4.81. The van der Waals surface area contributed by atoms with Crippen LogP contribution in [0.2, 0.25) is 5.02 Å². The van der Waals surface area contributed by atoms with Crippen LogP contribution >= 0.6 is 11.6 Å². The fraction of sp³-hybridized carbons (Fsp3) is 0.381. The van der Waals surface area contributed by atoms with Crippen LogP contribution in [0.15, 0.2) is 47.4 Å². The molecule has 1 amide bonds. The standard InChI is InChI=1S/C21H24ClN3O6S2/c1-15-3-6-17(7-4-15)33(29,30)24-11-9-23(10-12-24)21(26)20-14-25(32(2,27)28)18-13-16(22)5-8-19(18)31-20/h3-8,13,20H,9-12,14H2,1-2H3/t20-/m1/s1. The highest BCUT2D eigenvalue weighted by Crippen LogP contribution is 2.37. The fourth-order valence-corrected chi connectivity index (χ4v) is 6.37. The summed E-state index contributed by atoms with van der Waals surface area (Å²) in [6.45, 7) is 2.32. The first kappa shape index (κ1) is 23.8. The molecule has 0 unspecified atom stereocenters. The first-order valence-corrected chi connectivity index (χ1v) is 13.9. The van der Waals surface area contributed by atoms with Gasteiger partial charge in [0.1, 0.15) is 5.75 Å². The summed E-state index contributed by atoms with van der Waals surface area (Å²) in [5.41, 5.74) is 1.24. The fourth-order valence-electron chi connectivity index (χ4n) is 3.88. The second-order valence-electron chi connectivity index (χ2n) is 8.06. The Morgan fingerprint density at radius 2 is 1.64 bits per heavy atom. The van der Waals surface area contributed by atoms with Crippen molar-refractivity contribution in [3.05, 3.63) is 53.1 Å². The molecule has 178 valence electrons. The molecule has 0 spiro atoms. The van der Waals surface area contributed by atoms with Crippen molar-refractivity contribution in [3.8, 4) is 5.75 Å². The number of anilines is 1. The minimum Gasteiger partial charge on any atom is -0.476 e. The number of benzene rings is 2. The van der Waals surface area contributed by atoms with Crippen LogP contribution in [0.3, 0.4) is 0 Å². The summed E-state index contributed by atoms with van der Waals surface area (Å²) in [4.78, 5) is 14.9. The Hall–Kier alpha value is -2.34. The highest BCUT2D eigenvalue weighted by molar-refractivity contribution is 7.92. The van der Waals surface area contributed by atoms with E-state index in [2.05, 4.69) is 0 Å². The number of carbonyl (C=O) groups excluding carboxylic acids is 1. The number of rotatable bonds is 4. The van der Waals surface area contributed by atoms with Crippen LogP contribution in [-0.2, 0) is 24.8 Å². The number of piperazine rings is 1. The molecular weight excluding hydrogens is 490 g/mol. The van der Waals surface area contributed by atoms with Gasteiger partial charge in [-0.2, -0.15) is 4.31 Å². The summed E-state index contributed by atoms with van der Waals surface area (Å²) in [5, 5.41) is 0.349. The van der Waals surface area contributed by atoms with E-state index in [-0.39, 0.29) is 49.1 Å². The third-order valence-corrected chi connectivity index (χ3v) is 8.97. The van der Waals surface area contributed by atoms with E-state index in [9.17, 15) is 21.6 Å². The number of amides is 1. The second-order valence-corrected chi connectivity index (χ2v) is 12.3. The van der Waals surface area contributed by atoms with Crippen molar-refractivity contribution >= 4 is 43.2 Å². The van der Waals surface area contributed by atoms with Gasteiger partial charge in [0.25, 0.3) is 5.91 Å². The Morgan fingerprint density at radius 3 is 2.24 bits per heavy atom. The minimum absolute atomic E-state index is 0.136. The van der Waals surface area contributed by atoms with Crippen molar-refractivity contribution in [1.29, 1.82) is 0 Å². The first-order valence-electron chi connectivity index (χ1n) is 10.3. The number of halogens is 1. The zero-order valence-electron chi connectivity index (χ0n) is 18.1. The van der Waals surface area contributed by atoms with Gasteiger partial charge in [0.05, 0.1) is 23.4 Å². The molecule has 2 heterocycles. The van der Waals surface area contributed by atoms with Gasteiger partial charge in [-0.25, -0.2) is 16.8 Å². The van der Waals surface area contributed by atoms with Crippen LogP contribution in [0.5, 0.6) is 5.75 Å². The SMILES string of the molecule is Cc1ccc(S(=O)(=O)N2CCN(C(=O)[C@H]3CN(S(C)(=O)=O)c4cc(Cl)ccc4O3)CC2)cc1. The predicted molar refractivity (Wildman–Crippen MR) is 125 cm³/mol. The molecule has 1 saturated heterocycles. The highest BCUT2D eigenvalue weighted by Gasteiger charge is 2.39. The van der Waals surface area contributed by atoms with Gasteiger partial charge in [0.15, 0.2) is 6.10 Å². The maximum absolute atomic E-state index is 13.2. The molecule has 1 fully saturated rings. The molecule has 2 aliphatic rings. The van der Waals surface area contributed by atoms with Crippen LogP contribution in [-0.4, -0.2) is 77.0 Å². The lowest BCUT2D eigenvalue weighted by atomic mass is 10.2. The lowest BCUT2D eigenvalue weighted by molar-refractivity contribution is -0.139. The quantitative estimate of drug-likeness (QED) is 0.616. The second kappa shape index (κ2) is 8.79. The number of fused-ring (bicyclic) bond motifs is 1. The normalized spacial score (nSPS) is 19.7. The molecule has 33 heavy (non-hydrogen) atoms. The molecule has 1 atom stereocenters. The summed E-state index contributed by atoms with van der Waals surface area (Å²) >= 11 is 6.01. The van der Waals surface area contributed by atoms with Crippen LogP contribution in [0, 0.1) is 6.92 Å². The maximum atomic E-state index is 13.2. The number of nitrogens with zero attached hydrogens (tertiary/aromatic N) is 3. The van der Waals surface area contributed by atoms with Gasteiger partial charge in [-0.1, -0.05) is 29.3 Å². The van der Waals surface area contributed by atoms with Crippen LogP contribution < -0.4 is 9.04 Å². The Labute approximate surface area is 198 Å². The van der Waals surface area contributed by atoms with E-state index in [0.29, 0.717) is 5.02 Å². The van der Waals surface area contributed by atoms with E-state index in [1.807, 2.05) is 6.92 Å². The van der Waals surface area contributed by atoms with E-state index in [0.717, 1.165) is 16.1 Å². The lowest BCUT2D eigenvalue weighted by Crippen LogP contribution is -2.56. The van der Waals surface area contributed by atoms with Gasteiger partial charge < -0.3 is 9.64 Å². The smallest absolute Gasteiger partial charge is 0.265 e. The molecule has 2 aromatic carbocycles. The number of sulfonamides is 2. The number of aryl methyl sites for hydroxylation is 1. The van der Waals surface area contributed by atoms with Crippen LogP contribution in [0.25, 0.3) is 0 Å². The highest BCUT2D eigenvalue weighted by atomic mass is 35.5. The molecule has 2 aliphatic heterocycles. The number of hydrogen-bond donors (Lipinski definition) is 0. The summed E-state index contributed by atoms with van der Waals surface area (Å²) < 4.78 is 58.8. The van der Waals surface area contributed by atoms with E-state index in [1.54, 1.807) is 30.3 Å². The Kier molecular flexibility index (Phi) is 6.34. The summed E-state index contributed by atoms with van der Waals surface area (Å²) in [7, 11) is -7.34. The van der Waals surface area contributed by atoms with Crippen LogP contribution in [0.1, 0.15) is 5.56 Å². The van der Waals surface area contributed by atoms with Crippen molar-refractivity contribution in [2.75, 3.05) is 43.3 Å². The van der Waals surface area contributed by atoms with E-state index in [1.165, 1.54) is 21.3 Å². The van der Waals surface area contributed by atoms with Gasteiger partial charge >= 0.3 is 0 Å². The third-order valence-electron chi connectivity index (χ3n) is 5.68. The largest absolute Gasteiger partial charge is 0.476 e. The lowest BCUT2D eigenvalue weighted by Gasteiger charge is -2.39. The van der Waals surface area contributed by atoms with Gasteiger partial charge in [0, 0.05) is 31.2 Å². The van der Waals surface area contributed by atoms with Crippen molar-refractivity contribution in [3.63, 3.8) is 0 Å². The molecule has 4 rings (SSSR count). The molecule has 0 aliphatic carbocycles. The summed E-state index contributed by atoms with van der Waals surface area (Å²) in [6.07, 6.45) is 0.00727. The van der Waals surface area contributed by atoms with Crippen molar-refractivity contribution in [2.24, 2.45) is 0 Å². The average molecular weight is 514 g/mol. The summed E-state index contributed by atoms with van der Waals surface area (Å²) in [6, 6.07) is 11.2. The molecular formula is C21H24ClN3O6S2. The number of carbonyl (C=O) groups is 1. The zero-order chi connectivity index (χ0) is 24.0. The Bertz CT molecular complexity index is 1270. The van der Waals surface area contributed by atoms with E-state index in [4.69, 9.17) is 16.3 Å². The maximum Gasteiger partial charge on any atom is 0.265 e. The molecule has 0 bridgehead atoms. The van der Waals surface area contributed by atoms with Gasteiger partial charge in [-0.15, -0.1) is 0 Å². The first-order chi connectivity index (χ1) is 15.5. The van der Waals surface area contributed by atoms with Gasteiger partial charge in [-0.05, 0) is 37.3 Å². The molecule has 0 N–H and O–H groups in total. The molecule has 2 aromatic rings. The van der Waals surface area contributed by atoms with E-state index >= 15 is 0 Å². The Morgan fingerprint density at radius 1 is 1.00 bits per heavy atom. The molecule has 0 aromatic heterocycles. The summed E-state index contributed by atoms with van der Waals surface area (Å²) in [5.74, 6) is -0.147. The van der Waals surface area contributed by atoms with Gasteiger partial charge in [-0.3, -0.25) is 9.10 Å². The average Bonchev–Trinajstić information content (AvgIpc) is 2.77. The zero-order valence-corrected chi connectivity index (χ0v) is 20.5. The van der Waals surface area contributed by atoms with Crippen LogP contribution in [0.4, 0.5) is 5.69 Å². The Balaban J connectivity index is 1.48. The number of ether oxygens (including phenoxy) is 1. The monoisotopic (exact) mass is 513 g/mol. The number of hydrogen-bond acceptors (Lipinski definition) is 6.